The Morgan fingerprint density at radius 2 is 1.94 bits per heavy atom. The van der Waals surface area contributed by atoms with Crippen molar-refractivity contribution in [2.24, 2.45) is 11.1 Å². The molecular formula is C12H21NO4. The number of rotatable bonds is 2. The molecule has 0 aromatic heterocycles. The highest BCUT2D eigenvalue weighted by Crippen LogP contribution is 2.38. The Bertz CT molecular complexity index is 321. The topological polar surface area (TPSA) is 89.6 Å². The van der Waals surface area contributed by atoms with Gasteiger partial charge in [-0.3, -0.25) is 9.59 Å². The number of aliphatic carboxylic acids is 1. The lowest BCUT2D eigenvalue weighted by Crippen LogP contribution is -2.56. The van der Waals surface area contributed by atoms with Gasteiger partial charge in [-0.05, 0) is 33.6 Å². The molecule has 1 aliphatic carbocycles. The van der Waals surface area contributed by atoms with E-state index in [2.05, 4.69) is 0 Å². The molecule has 0 unspecified atom stereocenters. The predicted molar refractivity (Wildman–Crippen MR) is 62.4 cm³/mol. The molecule has 0 saturated heterocycles. The molecule has 17 heavy (non-hydrogen) atoms. The number of esters is 1. The van der Waals surface area contributed by atoms with Crippen LogP contribution in [-0.2, 0) is 14.3 Å². The molecule has 2 atom stereocenters. The van der Waals surface area contributed by atoms with Gasteiger partial charge in [-0.15, -0.1) is 0 Å². The molecule has 0 spiro atoms. The van der Waals surface area contributed by atoms with Crippen molar-refractivity contribution in [2.75, 3.05) is 0 Å². The van der Waals surface area contributed by atoms with Gasteiger partial charge < -0.3 is 15.6 Å². The number of hydrogen-bond acceptors (Lipinski definition) is 4. The van der Waals surface area contributed by atoms with E-state index in [1.54, 1.807) is 20.8 Å². The first kappa shape index (κ1) is 14.0. The molecule has 1 aliphatic rings. The summed E-state index contributed by atoms with van der Waals surface area (Å²) >= 11 is 0. The van der Waals surface area contributed by atoms with E-state index in [0.717, 1.165) is 6.42 Å². The molecule has 0 radical (unpaired) electrons. The van der Waals surface area contributed by atoms with Crippen molar-refractivity contribution < 1.29 is 19.4 Å². The number of ether oxygens (including phenoxy) is 1. The van der Waals surface area contributed by atoms with E-state index in [0.29, 0.717) is 12.8 Å². The van der Waals surface area contributed by atoms with Gasteiger partial charge in [-0.2, -0.15) is 0 Å². The lowest BCUT2D eigenvalue weighted by atomic mass is 9.70. The third kappa shape index (κ3) is 2.77. The zero-order chi connectivity index (χ0) is 13.3. The summed E-state index contributed by atoms with van der Waals surface area (Å²) in [6.07, 6.45) is 2.36. The summed E-state index contributed by atoms with van der Waals surface area (Å²) in [7, 11) is 0. The van der Waals surface area contributed by atoms with Crippen molar-refractivity contribution in [2.45, 2.75) is 58.1 Å². The summed E-state index contributed by atoms with van der Waals surface area (Å²) in [5.41, 5.74) is 3.59. The van der Waals surface area contributed by atoms with Crippen molar-refractivity contribution in [3.63, 3.8) is 0 Å². The van der Waals surface area contributed by atoms with E-state index in [-0.39, 0.29) is 6.42 Å². The van der Waals surface area contributed by atoms with E-state index in [1.807, 2.05) is 0 Å². The number of nitrogens with two attached hydrogens (primary N) is 1. The van der Waals surface area contributed by atoms with Crippen molar-refractivity contribution in [1.29, 1.82) is 0 Å². The maximum absolute atomic E-state index is 12.1. The van der Waals surface area contributed by atoms with Crippen molar-refractivity contribution in [1.82, 2.24) is 0 Å². The Balaban J connectivity index is 2.99. The lowest BCUT2D eigenvalue weighted by Gasteiger charge is -2.38. The number of carboxylic acid groups (broad SMARTS) is 1. The second-order valence-electron chi connectivity index (χ2n) is 5.63. The van der Waals surface area contributed by atoms with Gasteiger partial charge in [0.1, 0.15) is 5.60 Å². The fourth-order valence-electron chi connectivity index (χ4n) is 2.18. The van der Waals surface area contributed by atoms with Crippen LogP contribution in [0.1, 0.15) is 46.5 Å². The SMILES string of the molecule is CC(C)(C)OC(=O)[C@@]1(C(=O)O)CCCC[C@H]1N. The van der Waals surface area contributed by atoms with Crippen LogP contribution in [0, 0.1) is 5.41 Å². The molecule has 5 nitrogen and oxygen atoms in total. The minimum Gasteiger partial charge on any atom is -0.480 e. The predicted octanol–water partition coefficient (Wildman–Crippen LogP) is 1.30. The fourth-order valence-corrected chi connectivity index (χ4v) is 2.18. The second-order valence-corrected chi connectivity index (χ2v) is 5.63. The van der Waals surface area contributed by atoms with E-state index in [9.17, 15) is 14.7 Å². The standard InChI is InChI=1S/C12H21NO4/c1-11(2,3)17-10(16)12(9(14)15)7-5-4-6-8(12)13/h8H,4-7,13H2,1-3H3,(H,14,15)/t8-,12+/m1/s1. The fraction of sp³-hybridized carbons (Fsp3) is 0.833. The van der Waals surface area contributed by atoms with E-state index < -0.39 is 29.0 Å². The largest absolute Gasteiger partial charge is 0.480 e. The highest BCUT2D eigenvalue weighted by atomic mass is 16.6. The number of hydrogen-bond donors (Lipinski definition) is 2. The van der Waals surface area contributed by atoms with Gasteiger partial charge in [-0.1, -0.05) is 12.8 Å². The van der Waals surface area contributed by atoms with Crippen LogP contribution in [0.4, 0.5) is 0 Å². The summed E-state index contributed by atoms with van der Waals surface area (Å²) < 4.78 is 5.21. The maximum Gasteiger partial charge on any atom is 0.325 e. The average Bonchev–Trinajstić information content (AvgIpc) is 2.15. The molecule has 1 rings (SSSR count). The summed E-state index contributed by atoms with van der Waals surface area (Å²) in [5, 5.41) is 9.35. The smallest absolute Gasteiger partial charge is 0.325 e. The molecule has 0 heterocycles. The first-order valence-corrected chi connectivity index (χ1v) is 5.92. The minimum absolute atomic E-state index is 0.262. The van der Waals surface area contributed by atoms with E-state index in [4.69, 9.17) is 10.5 Å². The average molecular weight is 243 g/mol. The van der Waals surface area contributed by atoms with Gasteiger partial charge in [0.05, 0.1) is 0 Å². The highest BCUT2D eigenvalue weighted by molar-refractivity contribution is 6.00. The van der Waals surface area contributed by atoms with Crippen molar-refractivity contribution in [3.05, 3.63) is 0 Å². The van der Waals surface area contributed by atoms with Crippen LogP contribution >= 0.6 is 0 Å². The van der Waals surface area contributed by atoms with Gasteiger partial charge in [0, 0.05) is 6.04 Å². The van der Waals surface area contributed by atoms with E-state index >= 15 is 0 Å². The van der Waals surface area contributed by atoms with Gasteiger partial charge in [0.25, 0.3) is 0 Å². The first-order valence-electron chi connectivity index (χ1n) is 5.92. The Kier molecular flexibility index (Phi) is 3.81. The molecular weight excluding hydrogens is 222 g/mol. The molecule has 3 N–H and O–H groups in total. The zero-order valence-electron chi connectivity index (χ0n) is 10.7. The molecule has 98 valence electrons. The molecule has 0 aromatic carbocycles. The van der Waals surface area contributed by atoms with Crippen LogP contribution in [0.2, 0.25) is 0 Å². The Morgan fingerprint density at radius 1 is 1.35 bits per heavy atom. The van der Waals surface area contributed by atoms with Crippen LogP contribution in [0.25, 0.3) is 0 Å². The number of carbonyl (C=O) groups excluding carboxylic acids is 1. The number of carboxylic acids is 1. The molecule has 0 amide bonds. The molecule has 5 heteroatoms. The van der Waals surface area contributed by atoms with Crippen LogP contribution in [0.3, 0.4) is 0 Å². The van der Waals surface area contributed by atoms with Gasteiger partial charge in [0.15, 0.2) is 5.41 Å². The van der Waals surface area contributed by atoms with Gasteiger partial charge in [-0.25, -0.2) is 0 Å². The number of carbonyl (C=O) groups is 2. The zero-order valence-corrected chi connectivity index (χ0v) is 10.7. The lowest BCUT2D eigenvalue weighted by molar-refractivity contribution is -0.180. The maximum atomic E-state index is 12.1. The van der Waals surface area contributed by atoms with Crippen LogP contribution in [0.5, 0.6) is 0 Å². The van der Waals surface area contributed by atoms with Crippen LogP contribution in [0.15, 0.2) is 0 Å². The third-order valence-corrected chi connectivity index (χ3v) is 3.11. The molecule has 0 aliphatic heterocycles. The Hall–Kier alpha value is -1.10. The molecule has 0 bridgehead atoms. The Labute approximate surface area is 101 Å². The quantitative estimate of drug-likeness (QED) is 0.563. The summed E-state index contributed by atoms with van der Waals surface area (Å²) in [6, 6.07) is -0.663. The third-order valence-electron chi connectivity index (χ3n) is 3.11. The summed E-state index contributed by atoms with van der Waals surface area (Å²) in [6.45, 7) is 5.15. The van der Waals surface area contributed by atoms with Crippen molar-refractivity contribution >= 4 is 11.9 Å². The summed E-state index contributed by atoms with van der Waals surface area (Å²) in [5.74, 6) is -1.87. The molecule has 1 saturated carbocycles. The minimum atomic E-state index is -1.56. The van der Waals surface area contributed by atoms with Crippen LogP contribution < -0.4 is 5.73 Å². The second kappa shape index (κ2) is 4.64. The first-order chi connectivity index (χ1) is 7.70. The van der Waals surface area contributed by atoms with Crippen molar-refractivity contribution in [3.8, 4) is 0 Å². The Morgan fingerprint density at radius 3 is 2.35 bits per heavy atom. The normalized spacial score (nSPS) is 29.8. The van der Waals surface area contributed by atoms with E-state index in [1.165, 1.54) is 0 Å². The highest BCUT2D eigenvalue weighted by Gasteiger charge is 2.54. The van der Waals surface area contributed by atoms with Gasteiger partial charge in [0.2, 0.25) is 0 Å². The van der Waals surface area contributed by atoms with Gasteiger partial charge >= 0.3 is 11.9 Å². The van der Waals surface area contributed by atoms with Crippen LogP contribution in [-0.4, -0.2) is 28.7 Å². The molecule has 0 aromatic rings. The molecule has 1 fully saturated rings. The monoisotopic (exact) mass is 243 g/mol. The summed E-state index contributed by atoms with van der Waals surface area (Å²) in [4.78, 5) is 23.5.